The topological polar surface area (TPSA) is 61.8 Å². The Hall–Kier alpha value is -2.38. The Morgan fingerprint density at radius 2 is 1.93 bits per heavy atom. The number of carbonyl (C=O) groups is 1. The summed E-state index contributed by atoms with van der Waals surface area (Å²) in [6, 6.07) is 16.4. The third-order valence-electron chi connectivity index (χ3n) is 3.97. The molecule has 1 heterocycles. The molecule has 1 amide bonds. The highest BCUT2D eigenvalue weighted by Crippen LogP contribution is 2.29. The molecular formula is C21H21ClN2O3S. The summed E-state index contributed by atoms with van der Waals surface area (Å²) < 4.78 is 5.74. The minimum atomic E-state index is -0.136. The van der Waals surface area contributed by atoms with E-state index in [1.165, 1.54) is 0 Å². The van der Waals surface area contributed by atoms with Gasteiger partial charge < -0.3 is 15.2 Å². The van der Waals surface area contributed by atoms with Crippen molar-refractivity contribution in [1.82, 2.24) is 4.90 Å². The van der Waals surface area contributed by atoms with Gasteiger partial charge in [-0.15, -0.1) is 0 Å². The number of nitrogens with one attached hydrogen (secondary N) is 1. The number of carbonyl (C=O) groups excluding carboxylic acids is 1. The van der Waals surface area contributed by atoms with E-state index in [1.54, 1.807) is 47.7 Å². The molecule has 7 heteroatoms. The monoisotopic (exact) mass is 416 g/mol. The first-order chi connectivity index (χ1) is 13.6. The van der Waals surface area contributed by atoms with Gasteiger partial charge in [0.15, 0.2) is 0 Å². The number of hydrogen-bond acceptors (Lipinski definition) is 5. The lowest BCUT2D eigenvalue weighted by Crippen LogP contribution is -2.34. The van der Waals surface area contributed by atoms with Gasteiger partial charge in [-0.05, 0) is 58.8 Å². The van der Waals surface area contributed by atoms with Gasteiger partial charge in [0.2, 0.25) is 5.91 Å². The third kappa shape index (κ3) is 6.07. The lowest BCUT2D eigenvalue weighted by Gasteiger charge is -2.20. The molecule has 3 aromatic rings. The second kappa shape index (κ2) is 10.2. The van der Waals surface area contributed by atoms with Gasteiger partial charge in [-0.1, -0.05) is 23.7 Å². The van der Waals surface area contributed by atoms with Crippen molar-refractivity contribution in [2.75, 3.05) is 25.0 Å². The van der Waals surface area contributed by atoms with Crippen LogP contribution in [0, 0.1) is 0 Å². The zero-order valence-corrected chi connectivity index (χ0v) is 16.7. The Morgan fingerprint density at radius 3 is 2.61 bits per heavy atom. The lowest BCUT2D eigenvalue weighted by molar-refractivity contribution is -0.117. The highest BCUT2D eigenvalue weighted by Gasteiger charge is 2.12. The van der Waals surface area contributed by atoms with Crippen LogP contribution in [0.2, 0.25) is 5.02 Å². The minimum absolute atomic E-state index is 0.00545. The van der Waals surface area contributed by atoms with E-state index in [0.717, 1.165) is 5.56 Å². The van der Waals surface area contributed by atoms with Crippen LogP contribution < -0.4 is 10.1 Å². The highest BCUT2D eigenvalue weighted by molar-refractivity contribution is 7.07. The van der Waals surface area contributed by atoms with Crippen molar-refractivity contribution in [2.45, 2.75) is 6.54 Å². The van der Waals surface area contributed by atoms with E-state index >= 15 is 0 Å². The number of aliphatic hydroxyl groups is 1. The summed E-state index contributed by atoms with van der Waals surface area (Å²) in [6.07, 6.45) is 0. The molecule has 5 nitrogen and oxygen atoms in total. The summed E-state index contributed by atoms with van der Waals surface area (Å²) in [6.45, 7) is 1.27. The third-order valence-corrected chi connectivity index (χ3v) is 5.02. The predicted molar refractivity (Wildman–Crippen MR) is 113 cm³/mol. The number of halogens is 1. The Kier molecular flexibility index (Phi) is 7.45. The van der Waals surface area contributed by atoms with Crippen LogP contribution in [-0.2, 0) is 11.3 Å². The van der Waals surface area contributed by atoms with Crippen LogP contribution in [0.25, 0.3) is 0 Å². The van der Waals surface area contributed by atoms with Crippen molar-refractivity contribution in [3.05, 3.63) is 75.9 Å². The zero-order chi connectivity index (χ0) is 19.8. The average molecular weight is 417 g/mol. The average Bonchev–Trinajstić information content (AvgIpc) is 3.18. The fourth-order valence-corrected chi connectivity index (χ4v) is 3.49. The van der Waals surface area contributed by atoms with Crippen molar-refractivity contribution < 1.29 is 14.6 Å². The number of para-hydroxylation sites is 1. The zero-order valence-electron chi connectivity index (χ0n) is 15.2. The minimum Gasteiger partial charge on any atom is -0.456 e. The normalized spacial score (nSPS) is 10.8. The smallest absolute Gasteiger partial charge is 0.238 e. The van der Waals surface area contributed by atoms with Crippen molar-refractivity contribution in [2.24, 2.45) is 0 Å². The number of amides is 1. The summed E-state index contributed by atoms with van der Waals surface area (Å²) in [5.74, 6) is 1.07. The number of anilines is 1. The van der Waals surface area contributed by atoms with Gasteiger partial charge in [-0.25, -0.2) is 0 Å². The fraction of sp³-hybridized carbons (Fsp3) is 0.190. The van der Waals surface area contributed by atoms with E-state index in [-0.39, 0.29) is 19.1 Å². The van der Waals surface area contributed by atoms with Crippen LogP contribution in [0.5, 0.6) is 11.5 Å². The summed E-state index contributed by atoms with van der Waals surface area (Å²) in [5.41, 5.74) is 1.81. The molecule has 0 saturated carbocycles. The predicted octanol–water partition coefficient (Wildman–Crippen LogP) is 4.63. The number of hydrogen-bond donors (Lipinski definition) is 2. The summed E-state index contributed by atoms with van der Waals surface area (Å²) in [4.78, 5) is 14.3. The van der Waals surface area contributed by atoms with Gasteiger partial charge >= 0.3 is 0 Å². The quantitative estimate of drug-likeness (QED) is 0.534. The molecule has 146 valence electrons. The standard InChI is InChI=1S/C21H21ClN2O3S/c22-19-3-1-2-4-20(19)27-18-7-5-17(6-8-18)23-21(26)14-24(10-11-25)13-16-9-12-28-15-16/h1-9,12,15,25H,10-11,13-14H2,(H,23,26). The maximum absolute atomic E-state index is 12.4. The van der Waals surface area contributed by atoms with Crippen molar-refractivity contribution in [1.29, 1.82) is 0 Å². The molecule has 0 aliphatic carbocycles. The molecule has 0 radical (unpaired) electrons. The molecule has 28 heavy (non-hydrogen) atoms. The SMILES string of the molecule is O=C(CN(CCO)Cc1ccsc1)Nc1ccc(Oc2ccccc2Cl)cc1. The molecule has 0 aliphatic rings. The number of thiophene rings is 1. The van der Waals surface area contributed by atoms with Gasteiger partial charge in [-0.3, -0.25) is 9.69 Å². The molecule has 0 aliphatic heterocycles. The molecule has 0 bridgehead atoms. The van der Waals surface area contributed by atoms with E-state index in [4.69, 9.17) is 16.3 Å². The number of aliphatic hydroxyl groups excluding tert-OH is 1. The largest absolute Gasteiger partial charge is 0.456 e. The van der Waals surface area contributed by atoms with Crippen LogP contribution in [0.15, 0.2) is 65.4 Å². The first-order valence-electron chi connectivity index (χ1n) is 8.80. The van der Waals surface area contributed by atoms with E-state index in [2.05, 4.69) is 5.32 Å². The Labute approximate surface area is 173 Å². The summed E-state index contributed by atoms with van der Waals surface area (Å²) in [5, 5.41) is 16.7. The Bertz CT molecular complexity index is 885. The number of benzene rings is 2. The summed E-state index contributed by atoms with van der Waals surface area (Å²) >= 11 is 7.71. The molecule has 0 saturated heterocycles. The molecule has 0 unspecified atom stereocenters. The first-order valence-corrected chi connectivity index (χ1v) is 10.1. The first kappa shape index (κ1) is 20.4. The molecule has 2 aromatic carbocycles. The molecule has 3 rings (SSSR count). The maximum Gasteiger partial charge on any atom is 0.238 e. The number of nitrogens with zero attached hydrogens (tertiary/aromatic N) is 1. The van der Waals surface area contributed by atoms with Gasteiger partial charge in [0.05, 0.1) is 18.2 Å². The Balaban J connectivity index is 1.55. The van der Waals surface area contributed by atoms with E-state index in [9.17, 15) is 9.90 Å². The number of ether oxygens (including phenoxy) is 1. The molecule has 2 N–H and O–H groups in total. The Morgan fingerprint density at radius 1 is 1.14 bits per heavy atom. The van der Waals surface area contributed by atoms with Crippen molar-refractivity contribution in [3.8, 4) is 11.5 Å². The van der Waals surface area contributed by atoms with Crippen molar-refractivity contribution in [3.63, 3.8) is 0 Å². The molecule has 0 spiro atoms. The molecule has 0 fully saturated rings. The van der Waals surface area contributed by atoms with Crippen LogP contribution in [-0.4, -0.2) is 35.6 Å². The second-order valence-electron chi connectivity index (χ2n) is 6.17. The molecular weight excluding hydrogens is 396 g/mol. The maximum atomic E-state index is 12.4. The van der Waals surface area contributed by atoms with Gasteiger partial charge in [0.25, 0.3) is 0 Å². The van der Waals surface area contributed by atoms with Gasteiger partial charge in [0, 0.05) is 18.8 Å². The van der Waals surface area contributed by atoms with Crippen LogP contribution in [0.1, 0.15) is 5.56 Å². The van der Waals surface area contributed by atoms with Gasteiger partial charge in [-0.2, -0.15) is 11.3 Å². The van der Waals surface area contributed by atoms with Gasteiger partial charge in [0.1, 0.15) is 11.5 Å². The lowest BCUT2D eigenvalue weighted by atomic mass is 10.2. The second-order valence-corrected chi connectivity index (χ2v) is 7.36. The number of rotatable bonds is 9. The van der Waals surface area contributed by atoms with E-state index in [0.29, 0.717) is 35.3 Å². The van der Waals surface area contributed by atoms with Crippen LogP contribution >= 0.6 is 22.9 Å². The summed E-state index contributed by atoms with van der Waals surface area (Å²) in [7, 11) is 0. The molecule has 1 aromatic heterocycles. The van der Waals surface area contributed by atoms with Crippen LogP contribution in [0.3, 0.4) is 0 Å². The van der Waals surface area contributed by atoms with Crippen molar-refractivity contribution >= 4 is 34.5 Å². The fourth-order valence-electron chi connectivity index (χ4n) is 2.66. The van der Waals surface area contributed by atoms with Crippen LogP contribution in [0.4, 0.5) is 5.69 Å². The van der Waals surface area contributed by atoms with E-state index in [1.807, 2.05) is 33.9 Å². The highest BCUT2D eigenvalue weighted by atomic mass is 35.5. The molecule has 0 atom stereocenters. The van der Waals surface area contributed by atoms with E-state index < -0.39 is 0 Å².